The van der Waals surface area contributed by atoms with Crippen molar-refractivity contribution >= 4 is 5.96 Å². The number of aromatic nitrogens is 3. The third-order valence-corrected chi connectivity index (χ3v) is 5.36. The maximum atomic E-state index is 4.88. The summed E-state index contributed by atoms with van der Waals surface area (Å²) in [4.78, 5) is 4.88. The van der Waals surface area contributed by atoms with Crippen LogP contribution in [0.2, 0.25) is 0 Å². The van der Waals surface area contributed by atoms with Crippen LogP contribution in [0.4, 0.5) is 0 Å². The normalized spacial score (nSPS) is 27.6. The van der Waals surface area contributed by atoms with Crippen LogP contribution in [0.15, 0.2) is 4.99 Å². The predicted octanol–water partition coefficient (Wildman–Crippen LogP) is 2.28. The summed E-state index contributed by atoms with van der Waals surface area (Å²) in [5.74, 6) is 4.55. The molecule has 0 radical (unpaired) electrons. The Bertz CT molecular complexity index is 564. The van der Waals surface area contributed by atoms with Crippen molar-refractivity contribution in [3.8, 4) is 0 Å². The van der Waals surface area contributed by atoms with Gasteiger partial charge in [0.25, 0.3) is 0 Å². The molecule has 24 heavy (non-hydrogen) atoms. The van der Waals surface area contributed by atoms with Crippen LogP contribution in [-0.4, -0.2) is 39.9 Å². The third kappa shape index (κ3) is 4.28. The quantitative estimate of drug-likeness (QED) is 0.656. The first-order chi connectivity index (χ1) is 11.7. The van der Waals surface area contributed by atoms with Crippen LogP contribution < -0.4 is 10.6 Å². The molecule has 134 valence electrons. The number of rotatable bonds is 4. The Balaban J connectivity index is 1.57. The van der Waals surface area contributed by atoms with Crippen molar-refractivity contribution in [2.45, 2.75) is 71.9 Å². The van der Waals surface area contributed by atoms with Gasteiger partial charge in [-0.15, -0.1) is 10.2 Å². The lowest BCUT2D eigenvalue weighted by Crippen LogP contribution is -2.45. The van der Waals surface area contributed by atoms with Crippen molar-refractivity contribution < 1.29 is 0 Å². The van der Waals surface area contributed by atoms with Gasteiger partial charge in [-0.25, -0.2) is 0 Å². The SMILES string of the molecule is CCNC(=NCC1CCc2nnc(C)n2C1)NC1CCCC(C)C1. The Kier molecular flexibility index (Phi) is 5.74. The van der Waals surface area contributed by atoms with E-state index in [9.17, 15) is 0 Å². The number of aryl methyl sites for hydroxylation is 2. The molecular weight excluding hydrogens is 300 g/mol. The highest BCUT2D eigenvalue weighted by Gasteiger charge is 2.22. The second-order valence-electron chi connectivity index (χ2n) is 7.51. The summed E-state index contributed by atoms with van der Waals surface area (Å²) in [5.41, 5.74) is 0. The van der Waals surface area contributed by atoms with Gasteiger partial charge in [0, 0.05) is 32.1 Å². The molecule has 2 aliphatic rings. The molecule has 1 aliphatic heterocycles. The van der Waals surface area contributed by atoms with E-state index in [1.807, 2.05) is 6.92 Å². The summed E-state index contributed by atoms with van der Waals surface area (Å²) in [5, 5.41) is 15.5. The maximum Gasteiger partial charge on any atom is 0.191 e. The molecule has 0 amide bonds. The van der Waals surface area contributed by atoms with Crippen molar-refractivity contribution in [2.24, 2.45) is 16.8 Å². The Morgan fingerprint density at radius 1 is 1.29 bits per heavy atom. The molecule has 3 rings (SSSR count). The zero-order chi connectivity index (χ0) is 16.9. The molecule has 6 heteroatoms. The molecule has 0 saturated heterocycles. The molecule has 3 atom stereocenters. The van der Waals surface area contributed by atoms with Gasteiger partial charge in [-0.2, -0.15) is 0 Å². The largest absolute Gasteiger partial charge is 0.357 e. The van der Waals surface area contributed by atoms with E-state index in [1.165, 1.54) is 25.7 Å². The standard InChI is InChI=1S/C18H32N6/c1-4-19-18(21-16-7-5-6-13(2)10-16)20-11-15-8-9-17-23-22-14(3)24(17)12-15/h13,15-16H,4-12H2,1-3H3,(H2,19,20,21). The first-order valence-electron chi connectivity index (χ1n) is 9.59. The molecule has 0 spiro atoms. The van der Waals surface area contributed by atoms with E-state index in [4.69, 9.17) is 4.99 Å². The van der Waals surface area contributed by atoms with Crippen molar-refractivity contribution in [3.63, 3.8) is 0 Å². The van der Waals surface area contributed by atoms with Gasteiger partial charge in [-0.3, -0.25) is 4.99 Å². The van der Waals surface area contributed by atoms with Crippen LogP contribution in [0.5, 0.6) is 0 Å². The number of nitrogens with one attached hydrogen (secondary N) is 2. The van der Waals surface area contributed by atoms with Crippen molar-refractivity contribution in [1.82, 2.24) is 25.4 Å². The molecule has 6 nitrogen and oxygen atoms in total. The summed E-state index contributed by atoms with van der Waals surface area (Å²) in [6, 6.07) is 0.574. The molecule has 0 aromatic carbocycles. The lowest BCUT2D eigenvalue weighted by atomic mass is 9.87. The maximum absolute atomic E-state index is 4.88. The van der Waals surface area contributed by atoms with Gasteiger partial charge in [-0.05, 0) is 44.9 Å². The fourth-order valence-corrected chi connectivity index (χ4v) is 3.98. The average Bonchev–Trinajstić information content (AvgIpc) is 2.94. The minimum atomic E-state index is 0.574. The van der Waals surface area contributed by atoms with Crippen LogP contribution >= 0.6 is 0 Å². The Morgan fingerprint density at radius 2 is 2.17 bits per heavy atom. The number of aliphatic imine (C=N–C) groups is 1. The highest BCUT2D eigenvalue weighted by atomic mass is 15.3. The molecule has 0 bridgehead atoms. The molecule has 1 saturated carbocycles. The Morgan fingerprint density at radius 3 is 2.96 bits per heavy atom. The van der Waals surface area contributed by atoms with Crippen LogP contribution in [0.1, 0.15) is 57.6 Å². The molecular formula is C18H32N6. The zero-order valence-electron chi connectivity index (χ0n) is 15.4. The monoisotopic (exact) mass is 332 g/mol. The van der Waals surface area contributed by atoms with E-state index < -0.39 is 0 Å². The van der Waals surface area contributed by atoms with E-state index in [-0.39, 0.29) is 0 Å². The number of guanidine groups is 1. The van der Waals surface area contributed by atoms with Crippen LogP contribution in [-0.2, 0) is 13.0 Å². The summed E-state index contributed by atoms with van der Waals surface area (Å²) in [6.07, 6.45) is 7.40. The topological polar surface area (TPSA) is 67.1 Å². The van der Waals surface area contributed by atoms with Gasteiger partial charge >= 0.3 is 0 Å². The van der Waals surface area contributed by atoms with E-state index in [0.29, 0.717) is 12.0 Å². The van der Waals surface area contributed by atoms with Gasteiger partial charge in [0.1, 0.15) is 11.6 Å². The summed E-state index contributed by atoms with van der Waals surface area (Å²) >= 11 is 0. The van der Waals surface area contributed by atoms with E-state index in [1.54, 1.807) is 0 Å². The minimum Gasteiger partial charge on any atom is -0.357 e. The molecule has 2 heterocycles. The van der Waals surface area contributed by atoms with Crippen LogP contribution in [0.25, 0.3) is 0 Å². The van der Waals surface area contributed by atoms with Gasteiger partial charge < -0.3 is 15.2 Å². The average molecular weight is 332 g/mol. The molecule has 1 fully saturated rings. The first kappa shape index (κ1) is 17.2. The van der Waals surface area contributed by atoms with Crippen LogP contribution in [0, 0.1) is 18.8 Å². The van der Waals surface area contributed by atoms with Crippen LogP contribution in [0.3, 0.4) is 0 Å². The lowest BCUT2D eigenvalue weighted by Gasteiger charge is -2.29. The molecule has 1 aromatic rings. The van der Waals surface area contributed by atoms with Gasteiger partial charge in [-0.1, -0.05) is 19.8 Å². The molecule has 1 aliphatic carbocycles. The van der Waals surface area contributed by atoms with E-state index in [2.05, 4.69) is 39.2 Å². The van der Waals surface area contributed by atoms with Gasteiger partial charge in [0.2, 0.25) is 0 Å². The third-order valence-electron chi connectivity index (χ3n) is 5.36. The Hall–Kier alpha value is -1.59. The second kappa shape index (κ2) is 7.99. The van der Waals surface area contributed by atoms with E-state index in [0.717, 1.165) is 56.0 Å². The molecule has 2 N–H and O–H groups in total. The number of nitrogens with zero attached hydrogens (tertiary/aromatic N) is 4. The fourth-order valence-electron chi connectivity index (χ4n) is 3.98. The minimum absolute atomic E-state index is 0.574. The zero-order valence-corrected chi connectivity index (χ0v) is 15.4. The number of hydrogen-bond acceptors (Lipinski definition) is 3. The van der Waals surface area contributed by atoms with Crippen molar-refractivity contribution in [3.05, 3.63) is 11.6 Å². The molecule has 1 aromatic heterocycles. The second-order valence-corrected chi connectivity index (χ2v) is 7.51. The highest BCUT2D eigenvalue weighted by molar-refractivity contribution is 5.80. The Labute approximate surface area is 145 Å². The van der Waals surface area contributed by atoms with Crippen molar-refractivity contribution in [2.75, 3.05) is 13.1 Å². The lowest BCUT2D eigenvalue weighted by molar-refractivity contribution is 0.323. The van der Waals surface area contributed by atoms with Crippen molar-refractivity contribution in [1.29, 1.82) is 0 Å². The number of fused-ring (bicyclic) bond motifs is 1. The summed E-state index contributed by atoms with van der Waals surface area (Å²) in [6.45, 7) is 9.31. The van der Waals surface area contributed by atoms with E-state index >= 15 is 0 Å². The summed E-state index contributed by atoms with van der Waals surface area (Å²) < 4.78 is 2.26. The smallest absolute Gasteiger partial charge is 0.191 e. The molecule has 3 unspecified atom stereocenters. The highest BCUT2D eigenvalue weighted by Crippen LogP contribution is 2.23. The van der Waals surface area contributed by atoms with Gasteiger partial charge in [0.15, 0.2) is 5.96 Å². The predicted molar refractivity (Wildman–Crippen MR) is 97.1 cm³/mol. The summed E-state index contributed by atoms with van der Waals surface area (Å²) in [7, 11) is 0. The van der Waals surface area contributed by atoms with Gasteiger partial charge in [0.05, 0.1) is 0 Å². The fraction of sp³-hybridized carbons (Fsp3) is 0.833. The first-order valence-corrected chi connectivity index (χ1v) is 9.59. The number of hydrogen-bond donors (Lipinski definition) is 2.